The zero-order valence-electron chi connectivity index (χ0n) is 16.0. The van der Waals surface area contributed by atoms with E-state index < -0.39 is 0 Å². The predicted molar refractivity (Wildman–Crippen MR) is 114 cm³/mol. The highest BCUT2D eigenvalue weighted by Gasteiger charge is 2.26. The van der Waals surface area contributed by atoms with E-state index in [9.17, 15) is 9.18 Å². The topological polar surface area (TPSA) is 58.1 Å². The number of hydrogen-bond acceptors (Lipinski definition) is 6. The molecule has 3 rings (SSSR count). The first kappa shape index (κ1) is 21.5. The minimum Gasteiger partial charge on any atom is -0.300 e. The highest BCUT2D eigenvalue weighted by atomic mass is 35.5. The third-order valence-corrected chi connectivity index (χ3v) is 7.33. The van der Waals surface area contributed by atoms with Gasteiger partial charge in [0.25, 0.3) is 0 Å². The van der Waals surface area contributed by atoms with Crippen molar-refractivity contribution in [3.8, 4) is 0 Å². The molecule has 5 nitrogen and oxygen atoms in total. The number of nitrogens with one attached hydrogen (secondary N) is 1. The highest BCUT2D eigenvalue weighted by Crippen LogP contribution is 2.28. The summed E-state index contributed by atoms with van der Waals surface area (Å²) in [6.45, 7) is 6.24. The van der Waals surface area contributed by atoms with Crippen LogP contribution in [-0.4, -0.2) is 39.8 Å². The average molecular weight is 443 g/mol. The van der Waals surface area contributed by atoms with Crippen molar-refractivity contribution in [3.63, 3.8) is 0 Å². The van der Waals surface area contributed by atoms with Crippen molar-refractivity contribution in [1.82, 2.24) is 15.1 Å². The summed E-state index contributed by atoms with van der Waals surface area (Å²) in [5.74, 6) is 1.20. The minimum absolute atomic E-state index is 0.0138. The van der Waals surface area contributed by atoms with Crippen molar-refractivity contribution in [2.75, 3.05) is 24.2 Å². The Morgan fingerprint density at radius 1 is 1.39 bits per heavy atom. The van der Waals surface area contributed by atoms with Gasteiger partial charge in [0.05, 0.1) is 0 Å². The van der Waals surface area contributed by atoms with Crippen LogP contribution >= 0.6 is 34.7 Å². The standard InChI is InChI=1S/C19H24ClFN4OS2/c1-12(2)11-27-19-24-23-18(28-19)22-17(26)13-6-8-25(9-7-13)10-14-15(20)4-3-5-16(14)21/h3-5,12-13H,6-11H2,1-2H3,(H,22,23,26). The van der Waals surface area contributed by atoms with E-state index in [0.717, 1.165) is 36.0 Å². The number of rotatable bonds is 7. The minimum atomic E-state index is -0.283. The molecule has 2 heterocycles. The van der Waals surface area contributed by atoms with Crippen LogP contribution in [-0.2, 0) is 11.3 Å². The second kappa shape index (κ2) is 10.0. The molecule has 0 saturated carbocycles. The van der Waals surface area contributed by atoms with Gasteiger partial charge in [0.1, 0.15) is 5.82 Å². The summed E-state index contributed by atoms with van der Waals surface area (Å²) >= 11 is 9.19. The molecule has 1 aliphatic heterocycles. The van der Waals surface area contributed by atoms with Crippen molar-refractivity contribution in [2.24, 2.45) is 11.8 Å². The number of benzene rings is 1. The molecule has 28 heavy (non-hydrogen) atoms. The molecule has 1 aromatic heterocycles. The molecule has 2 aromatic rings. The molecule has 0 radical (unpaired) electrons. The van der Waals surface area contributed by atoms with Gasteiger partial charge < -0.3 is 5.32 Å². The fraction of sp³-hybridized carbons (Fsp3) is 0.526. The Morgan fingerprint density at radius 2 is 2.14 bits per heavy atom. The van der Waals surface area contributed by atoms with Crippen LogP contribution in [0.1, 0.15) is 32.3 Å². The number of likely N-dealkylation sites (tertiary alicyclic amines) is 1. The number of carbonyl (C=O) groups is 1. The molecule has 0 atom stereocenters. The molecule has 152 valence electrons. The number of anilines is 1. The lowest BCUT2D eigenvalue weighted by molar-refractivity contribution is -0.121. The molecule has 0 spiro atoms. The van der Waals surface area contributed by atoms with Crippen LogP contribution in [0.2, 0.25) is 5.02 Å². The number of thioether (sulfide) groups is 1. The van der Waals surface area contributed by atoms with E-state index in [0.29, 0.717) is 28.2 Å². The lowest BCUT2D eigenvalue weighted by Crippen LogP contribution is -2.38. The van der Waals surface area contributed by atoms with E-state index in [1.807, 2.05) is 0 Å². The first-order valence-electron chi connectivity index (χ1n) is 9.34. The first-order chi connectivity index (χ1) is 13.4. The Balaban J connectivity index is 1.47. The largest absolute Gasteiger partial charge is 0.300 e. The van der Waals surface area contributed by atoms with E-state index in [-0.39, 0.29) is 17.6 Å². The van der Waals surface area contributed by atoms with Crippen LogP contribution in [0.3, 0.4) is 0 Å². The normalized spacial score (nSPS) is 15.9. The molecular weight excluding hydrogens is 419 g/mol. The van der Waals surface area contributed by atoms with Crippen molar-refractivity contribution in [1.29, 1.82) is 0 Å². The maximum Gasteiger partial charge on any atom is 0.229 e. The van der Waals surface area contributed by atoms with Gasteiger partial charge in [-0.1, -0.05) is 54.6 Å². The van der Waals surface area contributed by atoms with E-state index in [4.69, 9.17) is 11.6 Å². The Labute approximate surface area is 178 Å². The van der Waals surface area contributed by atoms with Gasteiger partial charge in [0.2, 0.25) is 11.0 Å². The van der Waals surface area contributed by atoms with Gasteiger partial charge in [0, 0.05) is 28.8 Å². The number of hydrogen-bond donors (Lipinski definition) is 1. The Morgan fingerprint density at radius 3 is 2.82 bits per heavy atom. The van der Waals surface area contributed by atoms with Gasteiger partial charge in [0.15, 0.2) is 4.34 Å². The molecule has 1 saturated heterocycles. The van der Waals surface area contributed by atoms with E-state index in [1.54, 1.807) is 23.9 Å². The van der Waals surface area contributed by atoms with Crippen LogP contribution in [0.5, 0.6) is 0 Å². The number of amides is 1. The number of nitrogens with zero attached hydrogens (tertiary/aromatic N) is 3. The second-order valence-electron chi connectivity index (χ2n) is 7.32. The summed E-state index contributed by atoms with van der Waals surface area (Å²) in [6.07, 6.45) is 1.46. The molecule has 1 aliphatic rings. The summed E-state index contributed by atoms with van der Waals surface area (Å²) in [4.78, 5) is 14.7. The molecular formula is C19H24ClFN4OS2. The van der Waals surface area contributed by atoms with Crippen molar-refractivity contribution < 1.29 is 9.18 Å². The maximum atomic E-state index is 14.0. The molecule has 1 fully saturated rings. The van der Waals surface area contributed by atoms with Crippen LogP contribution in [0.15, 0.2) is 22.5 Å². The van der Waals surface area contributed by atoms with Gasteiger partial charge in [-0.15, -0.1) is 10.2 Å². The molecule has 9 heteroatoms. The summed E-state index contributed by atoms with van der Waals surface area (Å²) in [7, 11) is 0. The zero-order valence-corrected chi connectivity index (χ0v) is 18.3. The maximum absolute atomic E-state index is 14.0. The number of halogens is 2. The lowest BCUT2D eigenvalue weighted by Gasteiger charge is -2.31. The summed E-state index contributed by atoms with van der Waals surface area (Å²) in [5, 5.41) is 12.1. The van der Waals surface area contributed by atoms with Crippen molar-refractivity contribution >= 4 is 45.7 Å². The van der Waals surface area contributed by atoms with Crippen molar-refractivity contribution in [3.05, 3.63) is 34.6 Å². The third-order valence-electron chi connectivity index (χ3n) is 4.58. The average Bonchev–Trinajstić information content (AvgIpc) is 3.11. The van der Waals surface area contributed by atoms with Crippen LogP contribution in [0.4, 0.5) is 9.52 Å². The molecule has 0 aliphatic carbocycles. The van der Waals surface area contributed by atoms with Gasteiger partial charge in [-0.25, -0.2) is 4.39 Å². The summed E-state index contributed by atoms with van der Waals surface area (Å²) in [5.41, 5.74) is 0.521. The Kier molecular flexibility index (Phi) is 7.68. The van der Waals surface area contributed by atoms with Gasteiger partial charge in [-0.2, -0.15) is 0 Å². The molecule has 0 bridgehead atoms. The highest BCUT2D eigenvalue weighted by molar-refractivity contribution is 8.01. The third kappa shape index (κ3) is 5.89. The number of piperidine rings is 1. The van der Waals surface area contributed by atoms with Crippen LogP contribution in [0.25, 0.3) is 0 Å². The Bertz CT molecular complexity index is 789. The van der Waals surface area contributed by atoms with E-state index in [1.165, 1.54) is 17.4 Å². The molecule has 1 N–H and O–H groups in total. The lowest BCUT2D eigenvalue weighted by atomic mass is 9.95. The second-order valence-corrected chi connectivity index (χ2v) is 9.97. The monoisotopic (exact) mass is 442 g/mol. The van der Waals surface area contributed by atoms with Gasteiger partial charge >= 0.3 is 0 Å². The smallest absolute Gasteiger partial charge is 0.229 e. The molecule has 0 unspecified atom stereocenters. The molecule has 1 amide bonds. The molecule has 1 aromatic carbocycles. The number of aromatic nitrogens is 2. The number of carbonyl (C=O) groups excluding carboxylic acids is 1. The summed E-state index contributed by atoms with van der Waals surface area (Å²) in [6, 6.07) is 4.74. The van der Waals surface area contributed by atoms with E-state index >= 15 is 0 Å². The zero-order chi connectivity index (χ0) is 20.1. The fourth-order valence-corrected chi connectivity index (χ4v) is 4.98. The fourth-order valence-electron chi connectivity index (χ4n) is 3.02. The van der Waals surface area contributed by atoms with Crippen LogP contribution < -0.4 is 5.32 Å². The van der Waals surface area contributed by atoms with Gasteiger partial charge in [-0.05, 0) is 44.0 Å². The van der Waals surface area contributed by atoms with Crippen molar-refractivity contribution in [2.45, 2.75) is 37.6 Å². The SMILES string of the molecule is CC(C)CSc1nnc(NC(=O)C2CCN(Cc3c(F)cccc3Cl)CC2)s1. The first-order valence-corrected chi connectivity index (χ1v) is 11.5. The predicted octanol–water partition coefficient (Wildman–Crippen LogP) is 4.93. The van der Waals surface area contributed by atoms with Crippen LogP contribution in [0, 0.1) is 17.7 Å². The van der Waals surface area contributed by atoms with Gasteiger partial charge in [-0.3, -0.25) is 9.69 Å². The Hall–Kier alpha value is -1.22. The quantitative estimate of drug-likeness (QED) is 0.486. The summed E-state index contributed by atoms with van der Waals surface area (Å²) < 4.78 is 14.8. The van der Waals surface area contributed by atoms with E-state index in [2.05, 4.69) is 34.3 Å².